The number of carbonyl (C=O) groups excluding carboxylic acids is 2. The van der Waals surface area contributed by atoms with Gasteiger partial charge in [-0.25, -0.2) is 4.57 Å². The van der Waals surface area contributed by atoms with Gasteiger partial charge in [-0.3, -0.25) is 18.6 Å². The maximum Gasteiger partial charge on any atom is 0.472 e. The Bertz CT molecular complexity index is 1270. The van der Waals surface area contributed by atoms with Crippen molar-refractivity contribution in [3.8, 4) is 0 Å². The standard InChI is InChI=1S/C64H127N2O7P/c1-7-10-13-16-19-22-25-28-30-31-32-33-34-35-36-38-41-44-47-50-53-56-63(67)65-61(60-72-74(69,70)71-59-58-66(4,5)6)62(55-52-49-46-43-40-37-27-24-21-18-15-12-9-3)73-64(68)57-54-51-48-45-42-39-29-26-23-20-17-14-11-8-2/h52,55,61-62H,7-51,53-54,56-60H2,1-6H3,(H-,65,67,69,70)/p+1/b55-52+. The number of phosphoric acid groups is 1. The molecule has 1 amide bonds. The fourth-order valence-electron chi connectivity index (χ4n) is 9.94. The van der Waals surface area contributed by atoms with Gasteiger partial charge in [0.1, 0.15) is 19.3 Å². The van der Waals surface area contributed by atoms with Crippen molar-refractivity contribution in [2.45, 2.75) is 348 Å². The number of carbonyl (C=O) groups is 2. The minimum absolute atomic E-state index is 0.0459. The smallest absolute Gasteiger partial charge is 0.456 e. The molecule has 0 spiro atoms. The van der Waals surface area contributed by atoms with Gasteiger partial charge in [-0.1, -0.05) is 303 Å². The summed E-state index contributed by atoms with van der Waals surface area (Å²) >= 11 is 0. The Balaban J connectivity index is 5.15. The predicted octanol–water partition coefficient (Wildman–Crippen LogP) is 20.0. The van der Waals surface area contributed by atoms with E-state index in [-0.39, 0.29) is 25.1 Å². The maximum absolute atomic E-state index is 13.6. The number of nitrogens with one attached hydrogen (secondary N) is 1. The lowest BCUT2D eigenvalue weighted by Gasteiger charge is -2.27. The molecule has 3 atom stereocenters. The normalized spacial score (nSPS) is 13.7. The minimum atomic E-state index is -4.44. The Kier molecular flexibility index (Phi) is 54.1. The van der Waals surface area contributed by atoms with Crippen molar-refractivity contribution in [2.75, 3.05) is 40.9 Å². The second-order valence-corrected chi connectivity index (χ2v) is 25.1. The van der Waals surface area contributed by atoms with Gasteiger partial charge in [0.05, 0.1) is 33.8 Å². The number of unbranched alkanes of at least 4 members (excludes halogenated alkanes) is 44. The van der Waals surface area contributed by atoms with Gasteiger partial charge < -0.3 is 19.4 Å². The van der Waals surface area contributed by atoms with Gasteiger partial charge in [-0.05, 0) is 31.8 Å². The molecule has 2 N–H and O–H groups in total. The van der Waals surface area contributed by atoms with E-state index in [0.717, 1.165) is 57.8 Å². The molecule has 0 heterocycles. The van der Waals surface area contributed by atoms with Crippen LogP contribution < -0.4 is 5.32 Å². The number of likely N-dealkylation sites (N-methyl/N-ethyl adjacent to an activating group) is 1. The monoisotopic (exact) mass is 1070 g/mol. The van der Waals surface area contributed by atoms with Crippen molar-refractivity contribution in [1.82, 2.24) is 5.32 Å². The van der Waals surface area contributed by atoms with Crippen LogP contribution in [0.1, 0.15) is 335 Å². The summed E-state index contributed by atoms with van der Waals surface area (Å²) in [5.74, 6) is -0.481. The molecule has 0 aromatic carbocycles. The van der Waals surface area contributed by atoms with Crippen LogP contribution in [0.3, 0.4) is 0 Å². The predicted molar refractivity (Wildman–Crippen MR) is 319 cm³/mol. The Labute approximate surface area is 461 Å². The fraction of sp³-hybridized carbons (Fsp3) is 0.938. The van der Waals surface area contributed by atoms with E-state index < -0.39 is 20.0 Å². The SMILES string of the molecule is CCCCCCCCCCCCC/C=C/C(OC(=O)CCCCCCCCCCCCCCCC)C(COP(=O)(O)OCC[N+](C)(C)C)NC(=O)CCCCCCCCCCCCCCCCCCCCCCC. The van der Waals surface area contributed by atoms with Gasteiger partial charge in [0.2, 0.25) is 5.91 Å². The molecule has 0 aromatic heterocycles. The Morgan fingerprint density at radius 3 is 1.11 bits per heavy atom. The molecule has 10 heteroatoms. The number of hydrogen-bond acceptors (Lipinski definition) is 6. The first-order chi connectivity index (χ1) is 35.9. The summed E-state index contributed by atoms with van der Waals surface area (Å²) in [5, 5.41) is 3.07. The summed E-state index contributed by atoms with van der Waals surface area (Å²) in [4.78, 5) is 37.7. The lowest BCUT2D eigenvalue weighted by Crippen LogP contribution is -2.47. The van der Waals surface area contributed by atoms with E-state index in [1.807, 2.05) is 33.3 Å². The molecule has 0 fully saturated rings. The van der Waals surface area contributed by atoms with Crippen molar-refractivity contribution in [1.29, 1.82) is 0 Å². The topological polar surface area (TPSA) is 111 Å². The molecule has 74 heavy (non-hydrogen) atoms. The first kappa shape index (κ1) is 72.8. The average Bonchev–Trinajstić information content (AvgIpc) is 3.36. The number of allylic oxidation sites excluding steroid dienone is 1. The Morgan fingerprint density at radius 2 is 0.770 bits per heavy atom. The molecule has 9 nitrogen and oxygen atoms in total. The number of esters is 1. The lowest BCUT2D eigenvalue weighted by atomic mass is 10.0. The van der Waals surface area contributed by atoms with Crippen molar-refractivity contribution in [2.24, 2.45) is 0 Å². The van der Waals surface area contributed by atoms with Gasteiger partial charge in [-0.2, -0.15) is 0 Å². The molecule has 0 aliphatic carbocycles. The zero-order valence-corrected chi connectivity index (χ0v) is 51.3. The van der Waals surface area contributed by atoms with E-state index in [0.29, 0.717) is 23.9 Å². The second-order valence-electron chi connectivity index (χ2n) is 23.7. The fourth-order valence-corrected chi connectivity index (χ4v) is 10.7. The van der Waals surface area contributed by atoms with E-state index in [9.17, 15) is 19.0 Å². The highest BCUT2D eigenvalue weighted by atomic mass is 31.2. The summed E-state index contributed by atoms with van der Waals surface area (Å²) in [6.45, 7) is 7.08. The number of amides is 1. The number of hydrogen-bond donors (Lipinski definition) is 2. The van der Waals surface area contributed by atoms with E-state index in [4.69, 9.17) is 13.8 Å². The lowest BCUT2D eigenvalue weighted by molar-refractivity contribution is -0.870. The van der Waals surface area contributed by atoms with Crippen molar-refractivity contribution < 1.29 is 37.3 Å². The van der Waals surface area contributed by atoms with Crippen molar-refractivity contribution >= 4 is 19.7 Å². The van der Waals surface area contributed by atoms with Gasteiger partial charge in [-0.15, -0.1) is 0 Å². The Morgan fingerprint density at radius 1 is 0.459 bits per heavy atom. The third-order valence-electron chi connectivity index (χ3n) is 15.0. The van der Waals surface area contributed by atoms with Crippen LogP contribution >= 0.6 is 7.82 Å². The number of quaternary nitrogens is 1. The zero-order chi connectivity index (χ0) is 54.3. The van der Waals surface area contributed by atoms with Crippen molar-refractivity contribution in [3.63, 3.8) is 0 Å². The first-order valence-electron chi connectivity index (χ1n) is 32.5. The average molecular weight is 1070 g/mol. The summed E-state index contributed by atoms with van der Waals surface area (Å²) in [6.07, 6.45) is 63.5. The van der Waals surface area contributed by atoms with Crippen LogP contribution in [0.5, 0.6) is 0 Å². The molecule has 0 saturated carbocycles. The van der Waals surface area contributed by atoms with Crippen molar-refractivity contribution in [3.05, 3.63) is 12.2 Å². The number of rotatable bonds is 60. The highest BCUT2D eigenvalue weighted by Crippen LogP contribution is 2.43. The second kappa shape index (κ2) is 55.1. The summed E-state index contributed by atoms with van der Waals surface area (Å²) < 4.78 is 30.7. The van der Waals surface area contributed by atoms with Crippen LogP contribution in [0.4, 0.5) is 0 Å². The van der Waals surface area contributed by atoms with Crippen LogP contribution in [0.25, 0.3) is 0 Å². The molecule has 3 unspecified atom stereocenters. The highest BCUT2D eigenvalue weighted by molar-refractivity contribution is 7.47. The minimum Gasteiger partial charge on any atom is -0.456 e. The molecule has 440 valence electrons. The third kappa shape index (κ3) is 55.5. The molecule has 0 radical (unpaired) electrons. The summed E-state index contributed by atoms with van der Waals surface area (Å²) in [6, 6.07) is -0.839. The third-order valence-corrected chi connectivity index (χ3v) is 16.0. The number of ether oxygens (including phenoxy) is 1. The van der Waals surface area contributed by atoms with Crippen LogP contribution in [0.15, 0.2) is 12.2 Å². The number of nitrogens with zero attached hydrogens (tertiary/aromatic N) is 1. The molecule has 0 rings (SSSR count). The van der Waals surface area contributed by atoms with Gasteiger partial charge in [0.15, 0.2) is 0 Å². The molecular formula is C64H128N2O7P+. The molecule has 0 saturated heterocycles. The van der Waals surface area contributed by atoms with Crippen LogP contribution in [-0.2, 0) is 27.9 Å². The maximum atomic E-state index is 13.6. The van der Waals surface area contributed by atoms with E-state index >= 15 is 0 Å². The quantitative estimate of drug-likeness (QED) is 0.0205. The molecule has 0 aliphatic heterocycles. The molecule has 0 aliphatic rings. The van der Waals surface area contributed by atoms with Crippen LogP contribution in [0, 0.1) is 0 Å². The molecule has 0 aromatic rings. The number of phosphoric ester groups is 1. The van der Waals surface area contributed by atoms with Gasteiger partial charge in [0, 0.05) is 12.8 Å². The highest BCUT2D eigenvalue weighted by Gasteiger charge is 2.30. The van der Waals surface area contributed by atoms with E-state index in [1.54, 1.807) is 0 Å². The summed E-state index contributed by atoms with van der Waals surface area (Å²) in [7, 11) is 1.52. The van der Waals surface area contributed by atoms with Gasteiger partial charge >= 0.3 is 13.8 Å². The summed E-state index contributed by atoms with van der Waals surface area (Å²) in [5.41, 5.74) is 0. The largest absolute Gasteiger partial charge is 0.472 e. The zero-order valence-electron chi connectivity index (χ0n) is 50.4. The van der Waals surface area contributed by atoms with E-state index in [1.165, 1.54) is 244 Å². The van der Waals surface area contributed by atoms with Gasteiger partial charge in [0.25, 0.3) is 0 Å². The van der Waals surface area contributed by atoms with E-state index in [2.05, 4.69) is 26.1 Å². The molecule has 0 bridgehead atoms. The molecular weight excluding hydrogens is 940 g/mol. The van der Waals surface area contributed by atoms with Crippen LogP contribution in [-0.4, -0.2) is 74.3 Å². The first-order valence-corrected chi connectivity index (χ1v) is 34.0. The van der Waals surface area contributed by atoms with Crippen LogP contribution in [0.2, 0.25) is 0 Å². The Hall–Kier alpha value is -1.25.